The second kappa shape index (κ2) is 7.22. The molecule has 0 fully saturated rings. The zero-order valence-electron chi connectivity index (χ0n) is 13.0. The van der Waals surface area contributed by atoms with Gasteiger partial charge in [-0.05, 0) is 31.9 Å². The minimum Gasteiger partial charge on any atom is -0.444 e. The molecule has 1 aliphatic heterocycles. The third kappa shape index (κ3) is 4.29. The SMILES string of the molecule is CC(C)(C)OC(=O)N1Cc2ccccc2C1CC=O.CO. The van der Waals surface area contributed by atoms with E-state index in [1.807, 2.05) is 45.0 Å². The van der Waals surface area contributed by atoms with E-state index in [1.165, 1.54) is 0 Å². The number of aliphatic hydroxyl groups excluding tert-OH is 1. The highest BCUT2D eigenvalue weighted by Gasteiger charge is 2.35. The van der Waals surface area contributed by atoms with Crippen molar-refractivity contribution < 1.29 is 19.4 Å². The summed E-state index contributed by atoms with van der Waals surface area (Å²) in [5.41, 5.74) is 1.60. The quantitative estimate of drug-likeness (QED) is 0.851. The van der Waals surface area contributed by atoms with Gasteiger partial charge in [0, 0.05) is 20.1 Å². The standard InChI is InChI=1S/C15H19NO3.CH4O/c1-15(2,3)19-14(18)16-10-11-6-4-5-7-12(11)13(16)8-9-17;1-2/h4-7,9,13H,8,10H2,1-3H3;2H,1H3. The van der Waals surface area contributed by atoms with E-state index in [9.17, 15) is 9.59 Å². The van der Waals surface area contributed by atoms with Crippen LogP contribution in [0.1, 0.15) is 44.4 Å². The third-order valence-corrected chi connectivity index (χ3v) is 3.08. The molecule has 116 valence electrons. The van der Waals surface area contributed by atoms with Gasteiger partial charge in [-0.1, -0.05) is 24.3 Å². The van der Waals surface area contributed by atoms with E-state index in [2.05, 4.69) is 0 Å². The van der Waals surface area contributed by atoms with Gasteiger partial charge >= 0.3 is 6.09 Å². The predicted octanol–water partition coefficient (Wildman–Crippen LogP) is 2.68. The molecule has 1 heterocycles. The van der Waals surface area contributed by atoms with Gasteiger partial charge in [0.2, 0.25) is 0 Å². The lowest BCUT2D eigenvalue weighted by Crippen LogP contribution is -2.35. The monoisotopic (exact) mass is 293 g/mol. The summed E-state index contributed by atoms with van der Waals surface area (Å²) in [5.74, 6) is 0. The zero-order chi connectivity index (χ0) is 16.0. The molecule has 1 aromatic carbocycles. The summed E-state index contributed by atoms with van der Waals surface area (Å²) in [6.07, 6.45) is 0.788. The van der Waals surface area contributed by atoms with Gasteiger partial charge < -0.3 is 14.6 Å². The zero-order valence-corrected chi connectivity index (χ0v) is 13.0. The maximum absolute atomic E-state index is 12.2. The van der Waals surface area contributed by atoms with E-state index in [4.69, 9.17) is 9.84 Å². The summed E-state index contributed by atoms with van der Waals surface area (Å²) < 4.78 is 5.40. The van der Waals surface area contributed by atoms with Crippen LogP contribution in [0.15, 0.2) is 24.3 Å². The Morgan fingerprint density at radius 1 is 1.38 bits per heavy atom. The molecule has 0 aliphatic carbocycles. The Kier molecular flexibility index (Phi) is 5.90. The molecule has 0 saturated carbocycles. The number of ether oxygens (including phenoxy) is 1. The van der Waals surface area contributed by atoms with Crippen LogP contribution in [-0.4, -0.2) is 35.1 Å². The minimum absolute atomic E-state index is 0.205. The lowest BCUT2D eigenvalue weighted by atomic mass is 10.0. The van der Waals surface area contributed by atoms with E-state index in [0.717, 1.165) is 24.5 Å². The van der Waals surface area contributed by atoms with Crippen LogP contribution in [0.4, 0.5) is 4.79 Å². The van der Waals surface area contributed by atoms with Crippen molar-refractivity contribution >= 4 is 12.4 Å². The van der Waals surface area contributed by atoms with Gasteiger partial charge in [0.25, 0.3) is 0 Å². The van der Waals surface area contributed by atoms with E-state index in [0.29, 0.717) is 13.0 Å². The van der Waals surface area contributed by atoms with Gasteiger partial charge in [0.15, 0.2) is 0 Å². The number of benzene rings is 1. The van der Waals surface area contributed by atoms with E-state index in [1.54, 1.807) is 4.90 Å². The Labute approximate surface area is 125 Å². The average Bonchev–Trinajstić information content (AvgIpc) is 2.79. The topological polar surface area (TPSA) is 66.8 Å². The van der Waals surface area contributed by atoms with Crippen molar-refractivity contribution in [3.63, 3.8) is 0 Å². The van der Waals surface area contributed by atoms with Crippen LogP contribution in [0.5, 0.6) is 0 Å². The molecule has 0 bridgehead atoms. The van der Waals surface area contributed by atoms with Gasteiger partial charge in [-0.25, -0.2) is 4.79 Å². The average molecular weight is 293 g/mol. The first kappa shape index (κ1) is 17.2. The highest BCUT2D eigenvalue weighted by molar-refractivity contribution is 5.71. The minimum atomic E-state index is -0.530. The molecule has 1 N–H and O–H groups in total. The fourth-order valence-electron chi connectivity index (χ4n) is 2.32. The van der Waals surface area contributed by atoms with Crippen LogP contribution in [0.2, 0.25) is 0 Å². The molecule has 0 radical (unpaired) electrons. The molecule has 1 amide bonds. The van der Waals surface area contributed by atoms with Crippen LogP contribution >= 0.6 is 0 Å². The molecular weight excluding hydrogens is 270 g/mol. The van der Waals surface area contributed by atoms with Crippen LogP contribution in [0.3, 0.4) is 0 Å². The molecule has 0 aromatic heterocycles. The van der Waals surface area contributed by atoms with Crippen molar-refractivity contribution in [1.29, 1.82) is 0 Å². The summed E-state index contributed by atoms with van der Waals surface area (Å²) in [4.78, 5) is 24.7. The highest BCUT2D eigenvalue weighted by Crippen LogP contribution is 2.36. The lowest BCUT2D eigenvalue weighted by Gasteiger charge is -2.28. The van der Waals surface area contributed by atoms with Gasteiger partial charge in [-0.15, -0.1) is 0 Å². The summed E-state index contributed by atoms with van der Waals surface area (Å²) >= 11 is 0. The Bertz CT molecular complexity index is 493. The van der Waals surface area contributed by atoms with Crippen LogP contribution in [0, 0.1) is 0 Å². The Morgan fingerprint density at radius 3 is 2.57 bits per heavy atom. The first-order valence-electron chi connectivity index (χ1n) is 6.88. The second-order valence-electron chi connectivity index (χ2n) is 5.73. The number of hydrogen-bond acceptors (Lipinski definition) is 4. The molecule has 5 heteroatoms. The first-order valence-corrected chi connectivity index (χ1v) is 6.88. The summed E-state index contributed by atoms with van der Waals surface area (Å²) in [6.45, 7) is 6.01. The molecule has 1 aliphatic rings. The van der Waals surface area contributed by atoms with Crippen molar-refractivity contribution in [1.82, 2.24) is 4.90 Å². The molecule has 21 heavy (non-hydrogen) atoms. The molecule has 0 spiro atoms. The lowest BCUT2D eigenvalue weighted by molar-refractivity contribution is -0.108. The number of fused-ring (bicyclic) bond motifs is 1. The molecule has 1 aromatic rings. The van der Waals surface area contributed by atoms with Crippen molar-refractivity contribution in [3.8, 4) is 0 Å². The number of carbonyl (C=O) groups excluding carboxylic acids is 2. The fraction of sp³-hybridized carbons (Fsp3) is 0.500. The Balaban J connectivity index is 0.00000106. The van der Waals surface area contributed by atoms with E-state index >= 15 is 0 Å². The number of nitrogens with zero attached hydrogens (tertiary/aromatic N) is 1. The fourth-order valence-corrected chi connectivity index (χ4v) is 2.32. The van der Waals surface area contributed by atoms with Gasteiger partial charge in [0.05, 0.1) is 6.04 Å². The molecular formula is C16H23NO4. The maximum atomic E-state index is 12.2. The number of aldehydes is 1. The van der Waals surface area contributed by atoms with Crippen molar-refractivity contribution in [2.24, 2.45) is 0 Å². The summed E-state index contributed by atoms with van der Waals surface area (Å²) in [7, 11) is 1.00. The molecule has 2 rings (SSSR count). The van der Waals surface area contributed by atoms with E-state index in [-0.39, 0.29) is 12.1 Å². The molecule has 0 saturated heterocycles. The highest BCUT2D eigenvalue weighted by atomic mass is 16.6. The predicted molar refractivity (Wildman–Crippen MR) is 79.8 cm³/mol. The third-order valence-electron chi connectivity index (χ3n) is 3.08. The first-order chi connectivity index (χ1) is 9.92. The number of hydrogen-bond donors (Lipinski definition) is 1. The number of carbonyl (C=O) groups is 2. The molecule has 5 nitrogen and oxygen atoms in total. The smallest absolute Gasteiger partial charge is 0.411 e. The van der Waals surface area contributed by atoms with Crippen LogP contribution < -0.4 is 0 Å². The summed E-state index contributed by atoms with van der Waals surface area (Å²) in [6, 6.07) is 7.61. The Morgan fingerprint density at radius 2 is 2.00 bits per heavy atom. The van der Waals surface area contributed by atoms with Gasteiger partial charge in [0.1, 0.15) is 11.9 Å². The number of amides is 1. The Hall–Kier alpha value is -1.88. The van der Waals surface area contributed by atoms with Crippen molar-refractivity contribution in [3.05, 3.63) is 35.4 Å². The van der Waals surface area contributed by atoms with Crippen LogP contribution in [0.25, 0.3) is 0 Å². The largest absolute Gasteiger partial charge is 0.444 e. The number of aliphatic hydroxyl groups is 1. The van der Waals surface area contributed by atoms with Crippen molar-refractivity contribution in [2.45, 2.75) is 45.4 Å². The van der Waals surface area contributed by atoms with Crippen LogP contribution in [-0.2, 0) is 16.1 Å². The second-order valence-corrected chi connectivity index (χ2v) is 5.73. The van der Waals surface area contributed by atoms with Crippen molar-refractivity contribution in [2.75, 3.05) is 7.11 Å². The maximum Gasteiger partial charge on any atom is 0.411 e. The summed E-state index contributed by atoms with van der Waals surface area (Å²) in [5, 5.41) is 7.00. The van der Waals surface area contributed by atoms with Gasteiger partial charge in [-0.2, -0.15) is 0 Å². The normalized spacial score (nSPS) is 16.6. The van der Waals surface area contributed by atoms with Gasteiger partial charge in [-0.3, -0.25) is 4.90 Å². The number of rotatable bonds is 2. The molecule has 1 unspecified atom stereocenters. The van der Waals surface area contributed by atoms with E-state index < -0.39 is 5.60 Å². The molecule has 1 atom stereocenters.